The number of carboxylic acid groups (broad SMARTS) is 1. The number of aryl methyl sites for hydroxylation is 2. The first-order valence-corrected chi connectivity index (χ1v) is 6.02. The highest BCUT2D eigenvalue weighted by Gasteiger charge is 2.11. The first-order chi connectivity index (χ1) is 9.47. The van der Waals surface area contributed by atoms with Crippen molar-refractivity contribution < 1.29 is 14.6 Å². The van der Waals surface area contributed by atoms with Gasteiger partial charge in [0, 0.05) is 25.4 Å². The van der Waals surface area contributed by atoms with E-state index in [0.29, 0.717) is 17.2 Å². The molecule has 0 aliphatic heterocycles. The monoisotopic (exact) mass is 273 g/mol. The van der Waals surface area contributed by atoms with Crippen molar-refractivity contribution in [1.82, 2.24) is 14.8 Å². The molecule has 0 amide bonds. The molecule has 2 rings (SSSR count). The Morgan fingerprint density at radius 2 is 2.15 bits per heavy atom. The Morgan fingerprint density at radius 3 is 2.65 bits per heavy atom. The largest absolute Gasteiger partial charge is 0.478 e. The summed E-state index contributed by atoms with van der Waals surface area (Å²) in [5, 5.41) is 12.8. The molecule has 0 aliphatic carbocycles. The number of nitrogens with zero attached hydrogens (tertiary/aromatic N) is 3. The molecule has 104 valence electrons. The number of pyridine rings is 1. The molecule has 0 fully saturated rings. The molecule has 0 aliphatic rings. The summed E-state index contributed by atoms with van der Waals surface area (Å²) in [4.78, 5) is 14.6. The molecule has 2 heterocycles. The van der Waals surface area contributed by atoms with Crippen molar-refractivity contribution in [3.05, 3.63) is 41.4 Å². The highest BCUT2D eigenvalue weighted by atomic mass is 16.5. The van der Waals surface area contributed by atoms with E-state index in [2.05, 4.69) is 10.1 Å². The van der Waals surface area contributed by atoms with Gasteiger partial charge in [-0.15, -0.1) is 0 Å². The Morgan fingerprint density at radius 1 is 1.40 bits per heavy atom. The number of ether oxygens (including phenoxy) is 1. The first-order valence-electron chi connectivity index (χ1n) is 6.02. The summed E-state index contributed by atoms with van der Waals surface area (Å²) in [6.45, 7) is 3.78. The van der Waals surface area contributed by atoms with Crippen molar-refractivity contribution >= 4 is 12.0 Å². The van der Waals surface area contributed by atoms with E-state index in [0.717, 1.165) is 17.5 Å². The summed E-state index contributed by atoms with van der Waals surface area (Å²) in [5.74, 6) is 0.137. The molecule has 0 spiro atoms. The third kappa shape index (κ3) is 3.03. The molecule has 0 bridgehead atoms. The zero-order chi connectivity index (χ0) is 14.7. The van der Waals surface area contributed by atoms with Gasteiger partial charge in [0.15, 0.2) is 5.75 Å². The van der Waals surface area contributed by atoms with Crippen LogP contribution in [0.15, 0.2) is 24.4 Å². The van der Waals surface area contributed by atoms with Crippen LogP contribution >= 0.6 is 0 Å². The van der Waals surface area contributed by atoms with Gasteiger partial charge in [-0.05, 0) is 31.6 Å². The van der Waals surface area contributed by atoms with E-state index in [4.69, 9.17) is 9.84 Å². The molecule has 1 N–H and O–H groups in total. The smallest absolute Gasteiger partial charge is 0.328 e. The number of aliphatic carboxylic acids is 1. The van der Waals surface area contributed by atoms with Crippen LogP contribution < -0.4 is 4.74 Å². The molecule has 0 atom stereocenters. The van der Waals surface area contributed by atoms with Gasteiger partial charge < -0.3 is 9.84 Å². The second-order valence-electron chi connectivity index (χ2n) is 4.33. The second-order valence-corrected chi connectivity index (χ2v) is 4.33. The van der Waals surface area contributed by atoms with Crippen molar-refractivity contribution in [1.29, 1.82) is 0 Å². The summed E-state index contributed by atoms with van der Waals surface area (Å²) in [6, 6.07) is 3.43. The van der Waals surface area contributed by atoms with Gasteiger partial charge in [0.25, 0.3) is 0 Å². The van der Waals surface area contributed by atoms with Crippen LogP contribution in [0.4, 0.5) is 0 Å². The van der Waals surface area contributed by atoms with Gasteiger partial charge >= 0.3 is 5.97 Å². The van der Waals surface area contributed by atoms with Crippen molar-refractivity contribution in [2.75, 3.05) is 0 Å². The van der Waals surface area contributed by atoms with Crippen LogP contribution in [-0.2, 0) is 11.8 Å². The summed E-state index contributed by atoms with van der Waals surface area (Å²) >= 11 is 0. The standard InChI is InChI=1S/C14H15N3O3/c1-9-14(10(2)17(3)16-9)20-12-6-4-11(8-15-12)5-7-13(18)19/h4-8H,1-3H3,(H,18,19)/b7-5+. The summed E-state index contributed by atoms with van der Waals surface area (Å²) < 4.78 is 7.45. The lowest BCUT2D eigenvalue weighted by Gasteiger charge is -2.05. The van der Waals surface area contributed by atoms with E-state index >= 15 is 0 Å². The third-order valence-corrected chi connectivity index (χ3v) is 2.83. The second kappa shape index (κ2) is 5.56. The predicted molar refractivity (Wildman–Crippen MR) is 73.7 cm³/mol. The minimum Gasteiger partial charge on any atom is -0.478 e. The van der Waals surface area contributed by atoms with E-state index < -0.39 is 5.97 Å². The highest BCUT2D eigenvalue weighted by molar-refractivity contribution is 5.85. The van der Waals surface area contributed by atoms with Gasteiger partial charge in [0.05, 0.1) is 5.69 Å². The molecular formula is C14H15N3O3. The minimum absolute atomic E-state index is 0.441. The zero-order valence-electron chi connectivity index (χ0n) is 11.5. The minimum atomic E-state index is -0.994. The normalized spacial score (nSPS) is 10.9. The Labute approximate surface area is 116 Å². The van der Waals surface area contributed by atoms with Crippen molar-refractivity contribution in [2.24, 2.45) is 7.05 Å². The number of carbonyl (C=O) groups is 1. The van der Waals surface area contributed by atoms with Crippen LogP contribution in [0.25, 0.3) is 6.08 Å². The summed E-state index contributed by atoms with van der Waals surface area (Å²) in [5.41, 5.74) is 2.40. The number of rotatable bonds is 4. The number of aromatic nitrogens is 3. The number of hydrogen-bond acceptors (Lipinski definition) is 4. The van der Waals surface area contributed by atoms with Crippen LogP contribution in [0.1, 0.15) is 17.0 Å². The molecule has 20 heavy (non-hydrogen) atoms. The van der Waals surface area contributed by atoms with Gasteiger partial charge in [0.2, 0.25) is 5.88 Å². The first kappa shape index (κ1) is 13.8. The van der Waals surface area contributed by atoms with E-state index in [1.807, 2.05) is 20.9 Å². The van der Waals surface area contributed by atoms with Gasteiger partial charge in [-0.1, -0.05) is 0 Å². The van der Waals surface area contributed by atoms with Crippen molar-refractivity contribution in [3.63, 3.8) is 0 Å². The molecular weight excluding hydrogens is 258 g/mol. The predicted octanol–water partition coefficient (Wildman–Crippen LogP) is 2.32. The van der Waals surface area contributed by atoms with Crippen LogP contribution in [0, 0.1) is 13.8 Å². The van der Waals surface area contributed by atoms with E-state index in [-0.39, 0.29) is 0 Å². The SMILES string of the molecule is Cc1nn(C)c(C)c1Oc1ccc(/C=C/C(=O)O)cn1. The molecule has 0 saturated heterocycles. The lowest BCUT2D eigenvalue weighted by atomic mass is 10.2. The summed E-state index contributed by atoms with van der Waals surface area (Å²) in [7, 11) is 1.85. The molecule has 6 heteroatoms. The van der Waals surface area contributed by atoms with Crippen LogP contribution in [-0.4, -0.2) is 25.8 Å². The van der Waals surface area contributed by atoms with Crippen LogP contribution in [0.3, 0.4) is 0 Å². The van der Waals surface area contributed by atoms with Gasteiger partial charge in [0.1, 0.15) is 5.69 Å². The molecule has 0 unspecified atom stereocenters. The molecule has 0 aromatic carbocycles. The Hall–Kier alpha value is -2.63. The maximum atomic E-state index is 10.4. The topological polar surface area (TPSA) is 77.2 Å². The Bertz CT molecular complexity index is 657. The Balaban J connectivity index is 2.17. The van der Waals surface area contributed by atoms with Gasteiger partial charge in [-0.2, -0.15) is 5.10 Å². The molecule has 2 aromatic heterocycles. The van der Waals surface area contributed by atoms with Crippen LogP contribution in [0.2, 0.25) is 0 Å². The average Bonchev–Trinajstić information content (AvgIpc) is 2.64. The van der Waals surface area contributed by atoms with E-state index in [1.165, 1.54) is 6.08 Å². The van der Waals surface area contributed by atoms with E-state index in [1.54, 1.807) is 23.0 Å². The average molecular weight is 273 g/mol. The lowest BCUT2D eigenvalue weighted by Crippen LogP contribution is -1.94. The van der Waals surface area contributed by atoms with Crippen molar-refractivity contribution in [3.8, 4) is 11.6 Å². The fraction of sp³-hybridized carbons (Fsp3) is 0.214. The van der Waals surface area contributed by atoms with E-state index in [9.17, 15) is 4.79 Å². The fourth-order valence-electron chi connectivity index (χ4n) is 1.72. The fourth-order valence-corrected chi connectivity index (χ4v) is 1.72. The quantitative estimate of drug-likeness (QED) is 0.865. The van der Waals surface area contributed by atoms with Gasteiger partial charge in [-0.25, -0.2) is 9.78 Å². The third-order valence-electron chi connectivity index (χ3n) is 2.83. The van der Waals surface area contributed by atoms with Crippen molar-refractivity contribution in [2.45, 2.75) is 13.8 Å². The molecule has 6 nitrogen and oxygen atoms in total. The van der Waals surface area contributed by atoms with Gasteiger partial charge in [-0.3, -0.25) is 4.68 Å². The maximum Gasteiger partial charge on any atom is 0.328 e. The van der Waals surface area contributed by atoms with Crippen LogP contribution in [0.5, 0.6) is 11.6 Å². The lowest BCUT2D eigenvalue weighted by molar-refractivity contribution is -0.131. The Kier molecular flexibility index (Phi) is 3.84. The number of carboxylic acids is 1. The molecule has 2 aromatic rings. The molecule has 0 saturated carbocycles. The molecule has 0 radical (unpaired) electrons. The summed E-state index contributed by atoms with van der Waals surface area (Å²) in [6.07, 6.45) is 4.09. The highest BCUT2D eigenvalue weighted by Crippen LogP contribution is 2.26. The number of hydrogen-bond donors (Lipinski definition) is 1. The zero-order valence-corrected chi connectivity index (χ0v) is 11.5. The maximum absolute atomic E-state index is 10.4.